The van der Waals surface area contributed by atoms with Crippen molar-refractivity contribution in [2.45, 2.75) is 66.0 Å². The van der Waals surface area contributed by atoms with Crippen LogP contribution in [0, 0.1) is 19.0 Å². The largest absolute Gasteiger partial charge is 0.573 e. The minimum atomic E-state index is -4.81. The van der Waals surface area contributed by atoms with E-state index in [0.717, 1.165) is 6.08 Å². The number of carbonyl (C=O) groups excluding carboxylic acids is 2. The number of esters is 1. The van der Waals surface area contributed by atoms with Crippen molar-refractivity contribution in [2.75, 3.05) is 0 Å². The number of benzene rings is 2. The highest BCUT2D eigenvalue weighted by molar-refractivity contribution is 5.87. The van der Waals surface area contributed by atoms with Crippen molar-refractivity contribution in [3.05, 3.63) is 59.7 Å². The fourth-order valence-electron chi connectivity index (χ4n) is 3.72. The molecule has 2 aromatic rings. The SMILES string of the molecule is C=CC(=O)NCc1cc(-c2ccc(OC(F)(F)F)cc2)c(C)c(OC#CC)c1C(CC)OC(=O)CCC. The number of hydrogen-bond donors (Lipinski definition) is 1. The quantitative estimate of drug-likeness (QED) is 0.209. The van der Waals surface area contributed by atoms with Gasteiger partial charge in [0.15, 0.2) is 5.75 Å². The highest BCUT2D eigenvalue weighted by Crippen LogP contribution is 2.42. The molecule has 1 amide bonds. The molecule has 37 heavy (non-hydrogen) atoms. The van der Waals surface area contributed by atoms with Crippen LogP contribution in [0.5, 0.6) is 11.5 Å². The van der Waals surface area contributed by atoms with E-state index < -0.39 is 18.4 Å². The van der Waals surface area contributed by atoms with E-state index in [1.807, 2.05) is 13.8 Å². The lowest BCUT2D eigenvalue weighted by atomic mass is 9.90. The molecule has 0 saturated heterocycles. The Morgan fingerprint density at radius 3 is 2.41 bits per heavy atom. The second kappa shape index (κ2) is 13.4. The molecule has 2 rings (SSSR count). The van der Waals surface area contributed by atoms with Gasteiger partial charge in [-0.2, -0.15) is 0 Å². The molecule has 0 heterocycles. The molecule has 0 saturated carbocycles. The molecule has 0 bridgehead atoms. The van der Waals surface area contributed by atoms with Gasteiger partial charge in [0.25, 0.3) is 0 Å². The van der Waals surface area contributed by atoms with Gasteiger partial charge < -0.3 is 19.5 Å². The van der Waals surface area contributed by atoms with E-state index in [1.54, 1.807) is 19.9 Å². The van der Waals surface area contributed by atoms with Crippen LogP contribution < -0.4 is 14.8 Å². The number of amides is 1. The van der Waals surface area contributed by atoms with Crippen LogP contribution in [0.4, 0.5) is 13.2 Å². The Balaban J connectivity index is 2.71. The van der Waals surface area contributed by atoms with Crippen molar-refractivity contribution in [3.63, 3.8) is 0 Å². The molecule has 198 valence electrons. The summed E-state index contributed by atoms with van der Waals surface area (Å²) in [6.07, 6.45) is -0.486. The van der Waals surface area contributed by atoms with Crippen molar-refractivity contribution >= 4 is 11.9 Å². The van der Waals surface area contributed by atoms with Crippen molar-refractivity contribution in [3.8, 4) is 34.7 Å². The minimum absolute atomic E-state index is 0.0560. The van der Waals surface area contributed by atoms with Gasteiger partial charge in [-0.05, 0) is 60.7 Å². The summed E-state index contributed by atoms with van der Waals surface area (Å²) in [4.78, 5) is 24.3. The van der Waals surface area contributed by atoms with Crippen molar-refractivity contribution in [1.29, 1.82) is 0 Å². The first-order valence-corrected chi connectivity index (χ1v) is 11.7. The second-order valence-corrected chi connectivity index (χ2v) is 8.04. The molecule has 0 aromatic heterocycles. The molecule has 0 spiro atoms. The van der Waals surface area contributed by atoms with Crippen LogP contribution in [0.15, 0.2) is 43.0 Å². The van der Waals surface area contributed by atoms with Crippen LogP contribution in [0.25, 0.3) is 11.1 Å². The molecule has 2 aromatic carbocycles. The van der Waals surface area contributed by atoms with E-state index in [2.05, 4.69) is 28.7 Å². The lowest BCUT2D eigenvalue weighted by Gasteiger charge is -2.25. The summed E-state index contributed by atoms with van der Waals surface area (Å²) in [7, 11) is 0. The monoisotopic (exact) mass is 517 g/mol. The maximum atomic E-state index is 12.6. The predicted octanol–water partition coefficient (Wildman–Crippen LogP) is 6.52. The van der Waals surface area contributed by atoms with Gasteiger partial charge in [0, 0.05) is 31.0 Å². The molecule has 6 nitrogen and oxygen atoms in total. The molecule has 0 radical (unpaired) electrons. The molecule has 9 heteroatoms. The number of rotatable bonds is 11. The molecule has 0 aliphatic rings. The highest BCUT2D eigenvalue weighted by atomic mass is 19.4. The maximum absolute atomic E-state index is 12.6. The van der Waals surface area contributed by atoms with Crippen LogP contribution in [0.1, 0.15) is 62.8 Å². The summed E-state index contributed by atoms with van der Waals surface area (Å²) >= 11 is 0. The zero-order valence-electron chi connectivity index (χ0n) is 21.3. The van der Waals surface area contributed by atoms with E-state index in [1.165, 1.54) is 24.3 Å². The lowest BCUT2D eigenvalue weighted by molar-refractivity contribution is -0.274. The molecule has 0 fully saturated rings. The molecule has 1 N–H and O–H groups in total. The summed E-state index contributed by atoms with van der Waals surface area (Å²) in [5, 5.41) is 2.73. The van der Waals surface area contributed by atoms with E-state index in [-0.39, 0.29) is 24.7 Å². The number of carbonyl (C=O) groups is 2. The Morgan fingerprint density at radius 1 is 1.19 bits per heavy atom. The van der Waals surface area contributed by atoms with Crippen LogP contribution in [-0.4, -0.2) is 18.2 Å². The van der Waals surface area contributed by atoms with E-state index in [9.17, 15) is 22.8 Å². The van der Waals surface area contributed by atoms with Crippen LogP contribution in [0.3, 0.4) is 0 Å². The Kier molecular flexibility index (Phi) is 10.6. The van der Waals surface area contributed by atoms with Gasteiger partial charge in [0.1, 0.15) is 18.0 Å². The van der Waals surface area contributed by atoms with Crippen molar-refractivity contribution in [1.82, 2.24) is 5.32 Å². The van der Waals surface area contributed by atoms with Crippen LogP contribution in [0.2, 0.25) is 0 Å². The number of alkyl halides is 3. The fraction of sp³-hybridized carbons (Fsp3) is 0.357. The maximum Gasteiger partial charge on any atom is 0.573 e. The van der Waals surface area contributed by atoms with Gasteiger partial charge in [0.05, 0.1) is 0 Å². The van der Waals surface area contributed by atoms with Gasteiger partial charge in [-0.15, -0.1) is 13.2 Å². The summed E-state index contributed by atoms with van der Waals surface area (Å²) < 4.78 is 53.3. The molecule has 1 atom stereocenters. The summed E-state index contributed by atoms with van der Waals surface area (Å²) in [5.41, 5.74) is 2.99. The predicted molar refractivity (Wildman–Crippen MR) is 133 cm³/mol. The summed E-state index contributed by atoms with van der Waals surface area (Å²) in [6, 6.07) is 7.19. The third-order valence-corrected chi connectivity index (χ3v) is 5.37. The molecule has 0 aliphatic carbocycles. The van der Waals surface area contributed by atoms with E-state index >= 15 is 0 Å². The Labute approximate surface area is 214 Å². The lowest BCUT2D eigenvalue weighted by Crippen LogP contribution is -2.23. The molecular formula is C28H30F3NO5. The van der Waals surface area contributed by atoms with Gasteiger partial charge >= 0.3 is 12.3 Å². The Hall–Kier alpha value is -3.93. The smallest absolute Gasteiger partial charge is 0.457 e. The molecule has 0 aliphatic heterocycles. The summed E-state index contributed by atoms with van der Waals surface area (Å²) in [6.45, 7) is 10.6. The van der Waals surface area contributed by atoms with Crippen LogP contribution >= 0.6 is 0 Å². The third kappa shape index (κ3) is 8.31. The zero-order valence-corrected chi connectivity index (χ0v) is 21.3. The number of halogens is 3. The van der Waals surface area contributed by atoms with E-state index in [4.69, 9.17) is 9.47 Å². The first-order chi connectivity index (χ1) is 17.5. The third-order valence-electron chi connectivity index (χ3n) is 5.37. The average Bonchev–Trinajstić information content (AvgIpc) is 2.85. The fourth-order valence-corrected chi connectivity index (χ4v) is 3.72. The molecule has 1 unspecified atom stereocenters. The average molecular weight is 518 g/mol. The number of nitrogens with one attached hydrogen (secondary N) is 1. The number of hydrogen-bond acceptors (Lipinski definition) is 5. The zero-order chi connectivity index (χ0) is 27.6. The highest BCUT2D eigenvalue weighted by Gasteiger charge is 2.31. The van der Waals surface area contributed by atoms with Gasteiger partial charge in [-0.3, -0.25) is 9.59 Å². The van der Waals surface area contributed by atoms with Crippen molar-refractivity contribution < 1.29 is 37.0 Å². The van der Waals surface area contributed by atoms with Gasteiger partial charge in [-0.25, -0.2) is 0 Å². The normalized spacial score (nSPS) is 11.5. The summed E-state index contributed by atoms with van der Waals surface area (Å²) in [5.74, 6) is 1.88. The first kappa shape index (κ1) is 29.3. The van der Waals surface area contributed by atoms with E-state index in [0.29, 0.717) is 46.4 Å². The molecular weight excluding hydrogens is 487 g/mol. The topological polar surface area (TPSA) is 73.9 Å². The minimum Gasteiger partial charge on any atom is -0.457 e. The van der Waals surface area contributed by atoms with Gasteiger partial charge in [-0.1, -0.05) is 38.5 Å². The first-order valence-electron chi connectivity index (χ1n) is 11.7. The van der Waals surface area contributed by atoms with Crippen LogP contribution in [-0.2, 0) is 20.9 Å². The van der Waals surface area contributed by atoms with Crippen molar-refractivity contribution in [2.24, 2.45) is 0 Å². The number of ether oxygens (including phenoxy) is 3. The standard InChI is InChI=1S/C28H30F3NO5/c1-6-10-25(34)36-23(8-3)26-20(17-32-24(33)9-4)16-22(18(5)27(26)35-15-7-2)19-11-13-21(14-12-19)37-28(29,30)31/h9,11-14,16,23H,4,6,8,10,17H2,1-3,5H3,(H,32,33). The second-order valence-electron chi connectivity index (χ2n) is 8.04. The van der Waals surface area contributed by atoms with Gasteiger partial charge in [0.2, 0.25) is 5.91 Å². The Morgan fingerprint density at radius 2 is 1.86 bits per heavy atom. The Bertz CT molecular complexity index is 1180.